The van der Waals surface area contributed by atoms with Crippen LogP contribution in [0.1, 0.15) is 28.7 Å². The number of benzene rings is 2. The number of hydrogen-bond acceptors (Lipinski definition) is 2. The second-order valence-corrected chi connectivity index (χ2v) is 5.21. The van der Waals surface area contributed by atoms with Gasteiger partial charge in [-0.1, -0.05) is 23.7 Å². The lowest BCUT2D eigenvalue weighted by Crippen LogP contribution is -1.90. The minimum Gasteiger partial charge on any atom is -0.342 e. The molecule has 100 valence electrons. The number of aromatic nitrogens is 2. The van der Waals surface area contributed by atoms with Crippen LogP contribution >= 0.6 is 11.6 Å². The number of carbonyl (C=O) groups excluding carboxylic acids is 1. The predicted octanol–water partition coefficient (Wildman–Crippen LogP) is 4.01. The molecule has 0 bridgehead atoms. The van der Waals surface area contributed by atoms with Crippen molar-refractivity contribution in [3.63, 3.8) is 0 Å². The second kappa shape index (κ2) is 5.10. The molecule has 0 aliphatic heterocycles. The van der Waals surface area contributed by atoms with E-state index in [-0.39, 0.29) is 5.78 Å². The molecule has 4 heteroatoms. The van der Waals surface area contributed by atoms with Crippen molar-refractivity contribution in [2.45, 2.75) is 13.3 Å². The first-order chi connectivity index (χ1) is 9.61. The second-order valence-electron chi connectivity index (χ2n) is 4.77. The van der Waals surface area contributed by atoms with Gasteiger partial charge in [0.25, 0.3) is 0 Å². The summed E-state index contributed by atoms with van der Waals surface area (Å²) < 4.78 is 0. The molecule has 1 aromatic heterocycles. The summed E-state index contributed by atoms with van der Waals surface area (Å²) in [4.78, 5) is 19.2. The van der Waals surface area contributed by atoms with Crippen LogP contribution in [0.4, 0.5) is 0 Å². The van der Waals surface area contributed by atoms with Crippen LogP contribution in [0, 0.1) is 0 Å². The zero-order valence-corrected chi connectivity index (χ0v) is 11.7. The number of nitrogens with zero attached hydrogens (tertiary/aromatic N) is 1. The van der Waals surface area contributed by atoms with Crippen LogP contribution in [0.3, 0.4) is 0 Å². The first-order valence-electron chi connectivity index (χ1n) is 6.36. The molecule has 3 rings (SSSR count). The molecular weight excluding hydrogens is 272 g/mol. The molecule has 0 spiro atoms. The maximum absolute atomic E-state index is 11.4. The van der Waals surface area contributed by atoms with Gasteiger partial charge in [0.1, 0.15) is 5.82 Å². The zero-order valence-electron chi connectivity index (χ0n) is 11.0. The third kappa shape index (κ3) is 2.58. The highest BCUT2D eigenvalue weighted by Crippen LogP contribution is 2.17. The lowest BCUT2D eigenvalue weighted by atomic mass is 10.1. The zero-order chi connectivity index (χ0) is 14.1. The fourth-order valence-electron chi connectivity index (χ4n) is 2.16. The van der Waals surface area contributed by atoms with E-state index >= 15 is 0 Å². The predicted molar refractivity (Wildman–Crippen MR) is 80.4 cm³/mol. The normalized spacial score (nSPS) is 10.9. The third-order valence-corrected chi connectivity index (χ3v) is 3.47. The quantitative estimate of drug-likeness (QED) is 0.739. The Hall–Kier alpha value is -2.13. The highest BCUT2D eigenvalue weighted by Gasteiger charge is 2.06. The molecule has 0 fully saturated rings. The summed E-state index contributed by atoms with van der Waals surface area (Å²) in [6.07, 6.45) is 0.710. The largest absolute Gasteiger partial charge is 0.342 e. The molecule has 0 saturated carbocycles. The number of carbonyl (C=O) groups is 1. The van der Waals surface area contributed by atoms with Crippen molar-refractivity contribution in [2.75, 3.05) is 0 Å². The van der Waals surface area contributed by atoms with Crippen LogP contribution < -0.4 is 0 Å². The van der Waals surface area contributed by atoms with Gasteiger partial charge in [-0.15, -0.1) is 0 Å². The van der Waals surface area contributed by atoms with Crippen molar-refractivity contribution >= 4 is 28.4 Å². The SMILES string of the molecule is CC(=O)c1ccc2nc(Cc3ccc(Cl)cc3)[nH]c2c1. The van der Waals surface area contributed by atoms with Crippen molar-refractivity contribution in [3.05, 3.63) is 64.4 Å². The monoisotopic (exact) mass is 284 g/mol. The number of fused-ring (bicyclic) bond motifs is 1. The number of imidazole rings is 1. The van der Waals surface area contributed by atoms with Gasteiger partial charge in [0.15, 0.2) is 5.78 Å². The number of aromatic amines is 1. The van der Waals surface area contributed by atoms with Crippen molar-refractivity contribution in [1.82, 2.24) is 9.97 Å². The van der Waals surface area contributed by atoms with E-state index in [9.17, 15) is 4.79 Å². The van der Waals surface area contributed by atoms with E-state index in [1.807, 2.05) is 36.4 Å². The Balaban J connectivity index is 1.92. The van der Waals surface area contributed by atoms with Gasteiger partial charge >= 0.3 is 0 Å². The molecule has 0 unspecified atom stereocenters. The summed E-state index contributed by atoms with van der Waals surface area (Å²) in [6, 6.07) is 13.2. The Morgan fingerprint density at radius 1 is 1.20 bits per heavy atom. The molecule has 0 aliphatic rings. The van der Waals surface area contributed by atoms with E-state index in [1.165, 1.54) is 0 Å². The van der Waals surface area contributed by atoms with Gasteiger partial charge in [0, 0.05) is 17.0 Å². The van der Waals surface area contributed by atoms with Gasteiger partial charge in [0.05, 0.1) is 11.0 Å². The van der Waals surface area contributed by atoms with Gasteiger partial charge < -0.3 is 4.98 Å². The summed E-state index contributed by atoms with van der Waals surface area (Å²) in [5, 5.41) is 0.726. The maximum atomic E-state index is 11.4. The summed E-state index contributed by atoms with van der Waals surface area (Å²) in [6.45, 7) is 1.56. The highest BCUT2D eigenvalue weighted by atomic mass is 35.5. The van der Waals surface area contributed by atoms with Crippen LogP contribution in [-0.4, -0.2) is 15.8 Å². The molecule has 0 saturated heterocycles. The van der Waals surface area contributed by atoms with Crippen molar-refractivity contribution in [3.8, 4) is 0 Å². The van der Waals surface area contributed by atoms with Crippen molar-refractivity contribution in [1.29, 1.82) is 0 Å². The lowest BCUT2D eigenvalue weighted by Gasteiger charge is -1.97. The molecule has 0 atom stereocenters. The van der Waals surface area contributed by atoms with E-state index in [1.54, 1.807) is 13.0 Å². The molecule has 0 radical (unpaired) electrons. The van der Waals surface area contributed by atoms with Crippen LogP contribution in [0.25, 0.3) is 11.0 Å². The fourth-order valence-corrected chi connectivity index (χ4v) is 2.29. The van der Waals surface area contributed by atoms with Crippen LogP contribution in [-0.2, 0) is 6.42 Å². The minimum atomic E-state index is 0.0563. The molecule has 0 aliphatic carbocycles. The van der Waals surface area contributed by atoms with E-state index < -0.39 is 0 Å². The number of halogens is 1. The van der Waals surface area contributed by atoms with E-state index in [2.05, 4.69) is 9.97 Å². The minimum absolute atomic E-state index is 0.0563. The fraction of sp³-hybridized carbons (Fsp3) is 0.125. The van der Waals surface area contributed by atoms with Gasteiger partial charge in [-0.05, 0) is 42.8 Å². The maximum Gasteiger partial charge on any atom is 0.159 e. The Morgan fingerprint density at radius 3 is 2.65 bits per heavy atom. The summed E-state index contributed by atoms with van der Waals surface area (Å²) in [5.41, 5.74) is 3.60. The summed E-state index contributed by atoms with van der Waals surface area (Å²) in [5.74, 6) is 0.934. The van der Waals surface area contributed by atoms with Gasteiger partial charge in [-0.2, -0.15) is 0 Å². The molecule has 3 aromatic rings. The van der Waals surface area contributed by atoms with E-state index in [0.717, 1.165) is 27.4 Å². The topological polar surface area (TPSA) is 45.8 Å². The van der Waals surface area contributed by atoms with E-state index in [0.29, 0.717) is 12.0 Å². The number of nitrogens with one attached hydrogen (secondary N) is 1. The Kier molecular flexibility index (Phi) is 3.28. The standard InChI is InChI=1S/C16H13ClN2O/c1-10(20)12-4-7-14-15(9-12)19-16(18-14)8-11-2-5-13(17)6-3-11/h2-7,9H,8H2,1H3,(H,18,19). The highest BCUT2D eigenvalue weighted by molar-refractivity contribution is 6.30. The van der Waals surface area contributed by atoms with Gasteiger partial charge in [-0.3, -0.25) is 4.79 Å². The third-order valence-electron chi connectivity index (χ3n) is 3.22. The molecule has 1 N–H and O–H groups in total. The Bertz CT molecular complexity index is 775. The van der Waals surface area contributed by atoms with Crippen molar-refractivity contribution in [2.24, 2.45) is 0 Å². The summed E-state index contributed by atoms with van der Waals surface area (Å²) in [7, 11) is 0. The average molecular weight is 285 g/mol. The number of Topliss-reactive ketones (excluding diaryl/α,β-unsaturated/α-hetero) is 1. The molecule has 2 aromatic carbocycles. The van der Waals surface area contributed by atoms with E-state index in [4.69, 9.17) is 11.6 Å². The first-order valence-corrected chi connectivity index (χ1v) is 6.73. The molecule has 0 amide bonds. The Labute approximate surface area is 121 Å². The van der Waals surface area contributed by atoms with Gasteiger partial charge in [0.2, 0.25) is 0 Å². The van der Waals surface area contributed by atoms with Gasteiger partial charge in [-0.25, -0.2) is 4.98 Å². The van der Waals surface area contributed by atoms with Crippen LogP contribution in [0.5, 0.6) is 0 Å². The van der Waals surface area contributed by atoms with Crippen LogP contribution in [0.2, 0.25) is 5.02 Å². The summed E-state index contributed by atoms with van der Waals surface area (Å²) >= 11 is 5.87. The lowest BCUT2D eigenvalue weighted by molar-refractivity contribution is 0.101. The molecule has 1 heterocycles. The Morgan fingerprint density at radius 2 is 1.95 bits per heavy atom. The molecule has 20 heavy (non-hydrogen) atoms. The number of hydrogen-bond donors (Lipinski definition) is 1. The first kappa shape index (κ1) is 12.9. The smallest absolute Gasteiger partial charge is 0.159 e. The van der Waals surface area contributed by atoms with Crippen molar-refractivity contribution < 1.29 is 4.79 Å². The molecule has 3 nitrogen and oxygen atoms in total. The average Bonchev–Trinajstić information content (AvgIpc) is 2.82. The molecular formula is C16H13ClN2O. The number of rotatable bonds is 3. The number of ketones is 1. The van der Waals surface area contributed by atoms with Crippen LogP contribution in [0.15, 0.2) is 42.5 Å². The number of H-pyrrole nitrogens is 1.